The number of halogens is 1. The highest BCUT2D eigenvalue weighted by atomic mass is 19.1. The zero-order valence-corrected chi connectivity index (χ0v) is 8.41. The molecule has 1 aliphatic rings. The number of nitrogens with two attached hydrogens (primary N) is 1. The zero-order chi connectivity index (χ0) is 11.7. The molecule has 3 atom stereocenters. The van der Waals surface area contributed by atoms with Gasteiger partial charge in [-0.2, -0.15) is 4.98 Å². The molecule has 0 spiro atoms. The Bertz CT molecular complexity index is 436. The maximum absolute atomic E-state index is 13.3. The first-order valence-corrected chi connectivity index (χ1v) is 4.87. The molecule has 6 nitrogen and oxygen atoms in total. The number of aliphatic hydroxyl groups is 1. The summed E-state index contributed by atoms with van der Waals surface area (Å²) in [5, 5.41) is 8.83. The second-order valence-corrected chi connectivity index (χ2v) is 3.61. The normalized spacial score (nSPS) is 29.5. The van der Waals surface area contributed by atoms with Gasteiger partial charge in [0, 0.05) is 12.6 Å². The smallest absolute Gasteiger partial charge is 0.351 e. The molecule has 1 unspecified atom stereocenters. The fourth-order valence-corrected chi connectivity index (χ4v) is 1.67. The highest BCUT2D eigenvalue weighted by Gasteiger charge is 2.36. The number of rotatable bonds is 2. The second-order valence-electron chi connectivity index (χ2n) is 3.61. The molecule has 7 heteroatoms. The molecule has 0 amide bonds. The molecule has 2 rings (SSSR count). The monoisotopic (exact) mass is 229 g/mol. The van der Waals surface area contributed by atoms with Crippen LogP contribution in [0.1, 0.15) is 12.6 Å². The molecular formula is C9H12FN3O3. The van der Waals surface area contributed by atoms with Crippen molar-refractivity contribution < 1.29 is 14.2 Å². The van der Waals surface area contributed by atoms with Gasteiger partial charge in [0.15, 0.2) is 0 Å². The molecule has 0 bridgehead atoms. The van der Waals surface area contributed by atoms with Gasteiger partial charge >= 0.3 is 5.69 Å². The Hall–Kier alpha value is -1.47. The van der Waals surface area contributed by atoms with E-state index in [-0.39, 0.29) is 12.2 Å². The third kappa shape index (κ3) is 1.91. The van der Waals surface area contributed by atoms with Crippen molar-refractivity contribution in [2.75, 3.05) is 12.3 Å². The van der Waals surface area contributed by atoms with Crippen molar-refractivity contribution in [3.63, 3.8) is 0 Å². The van der Waals surface area contributed by atoms with Crippen LogP contribution in [-0.2, 0) is 4.74 Å². The number of aromatic nitrogens is 2. The van der Waals surface area contributed by atoms with E-state index < -0.39 is 30.8 Å². The topological polar surface area (TPSA) is 90.4 Å². The van der Waals surface area contributed by atoms with Gasteiger partial charge in [-0.25, -0.2) is 9.18 Å². The predicted molar refractivity (Wildman–Crippen MR) is 53.4 cm³/mol. The van der Waals surface area contributed by atoms with Gasteiger partial charge in [-0.3, -0.25) is 4.57 Å². The van der Waals surface area contributed by atoms with Gasteiger partial charge in [-0.15, -0.1) is 0 Å². The Labute approximate surface area is 90.5 Å². The maximum Gasteiger partial charge on any atom is 0.351 e. The Morgan fingerprint density at radius 1 is 1.75 bits per heavy atom. The zero-order valence-electron chi connectivity index (χ0n) is 8.41. The average Bonchev–Trinajstić information content (AvgIpc) is 2.59. The Morgan fingerprint density at radius 3 is 3.06 bits per heavy atom. The number of alkyl halides is 1. The maximum atomic E-state index is 13.3. The van der Waals surface area contributed by atoms with Gasteiger partial charge in [-0.05, 0) is 6.07 Å². The van der Waals surface area contributed by atoms with Crippen molar-refractivity contribution in [2.45, 2.75) is 24.9 Å². The quantitative estimate of drug-likeness (QED) is 0.709. The van der Waals surface area contributed by atoms with E-state index >= 15 is 0 Å². The molecule has 1 saturated heterocycles. The van der Waals surface area contributed by atoms with Crippen molar-refractivity contribution in [3.8, 4) is 0 Å². The third-order valence-electron chi connectivity index (χ3n) is 2.50. The van der Waals surface area contributed by atoms with Crippen LogP contribution >= 0.6 is 0 Å². The first-order chi connectivity index (χ1) is 7.61. The number of nitrogens with zero attached hydrogens (tertiary/aromatic N) is 2. The number of hydrogen-bond donors (Lipinski definition) is 2. The lowest BCUT2D eigenvalue weighted by Gasteiger charge is -2.13. The molecule has 0 saturated carbocycles. The summed E-state index contributed by atoms with van der Waals surface area (Å²) in [6.45, 7) is -0.408. The second kappa shape index (κ2) is 4.18. The van der Waals surface area contributed by atoms with E-state index in [0.29, 0.717) is 0 Å². The van der Waals surface area contributed by atoms with Gasteiger partial charge in [0.2, 0.25) is 0 Å². The minimum Gasteiger partial charge on any atom is -0.394 e. The van der Waals surface area contributed by atoms with Crippen LogP contribution in [0, 0.1) is 0 Å². The fraction of sp³-hybridized carbons (Fsp3) is 0.556. The Morgan fingerprint density at radius 2 is 2.50 bits per heavy atom. The Kier molecular flexibility index (Phi) is 2.88. The fourth-order valence-electron chi connectivity index (χ4n) is 1.67. The molecule has 88 valence electrons. The van der Waals surface area contributed by atoms with E-state index in [1.807, 2.05) is 0 Å². The number of aliphatic hydroxyl groups excluding tert-OH is 1. The lowest BCUT2D eigenvalue weighted by atomic mass is 10.2. The summed E-state index contributed by atoms with van der Waals surface area (Å²) in [6, 6.07) is 1.43. The molecule has 1 aromatic rings. The molecule has 2 heterocycles. The molecule has 1 fully saturated rings. The highest BCUT2D eigenvalue weighted by Crippen LogP contribution is 2.29. The number of ether oxygens (including phenoxy) is 1. The van der Waals surface area contributed by atoms with Crippen LogP contribution in [0.5, 0.6) is 0 Å². The largest absolute Gasteiger partial charge is 0.394 e. The van der Waals surface area contributed by atoms with Gasteiger partial charge in [0.05, 0.1) is 6.61 Å². The summed E-state index contributed by atoms with van der Waals surface area (Å²) in [4.78, 5) is 14.9. The van der Waals surface area contributed by atoms with Crippen LogP contribution in [0.15, 0.2) is 17.1 Å². The van der Waals surface area contributed by atoms with Gasteiger partial charge in [0.25, 0.3) is 0 Å². The molecule has 0 aromatic carbocycles. The summed E-state index contributed by atoms with van der Waals surface area (Å²) in [7, 11) is 0. The van der Waals surface area contributed by atoms with E-state index in [9.17, 15) is 9.18 Å². The van der Waals surface area contributed by atoms with E-state index in [1.165, 1.54) is 16.8 Å². The van der Waals surface area contributed by atoms with Crippen molar-refractivity contribution >= 4 is 5.82 Å². The van der Waals surface area contributed by atoms with Crippen LogP contribution in [0.25, 0.3) is 0 Å². The number of hydrogen-bond acceptors (Lipinski definition) is 5. The van der Waals surface area contributed by atoms with Crippen LogP contribution in [0.3, 0.4) is 0 Å². The molecular weight excluding hydrogens is 217 g/mol. The van der Waals surface area contributed by atoms with E-state index in [1.54, 1.807) is 0 Å². The number of nitrogen functional groups attached to an aromatic ring is 1. The Balaban J connectivity index is 2.23. The molecule has 0 aliphatic carbocycles. The minimum atomic E-state index is -1.28. The van der Waals surface area contributed by atoms with E-state index in [2.05, 4.69) is 4.98 Å². The third-order valence-corrected chi connectivity index (χ3v) is 2.50. The summed E-state index contributed by atoms with van der Waals surface area (Å²) in [6.07, 6.45) is -1.46. The summed E-state index contributed by atoms with van der Waals surface area (Å²) < 4.78 is 19.6. The van der Waals surface area contributed by atoms with Gasteiger partial charge in [-0.1, -0.05) is 0 Å². The van der Waals surface area contributed by atoms with Crippen molar-refractivity contribution in [1.29, 1.82) is 0 Å². The highest BCUT2D eigenvalue weighted by molar-refractivity contribution is 5.23. The van der Waals surface area contributed by atoms with Crippen molar-refractivity contribution in [3.05, 3.63) is 22.7 Å². The minimum absolute atomic E-state index is 0.0245. The molecule has 16 heavy (non-hydrogen) atoms. The first kappa shape index (κ1) is 11.0. The summed E-state index contributed by atoms with van der Waals surface area (Å²) in [5.74, 6) is 0.106. The average molecular weight is 229 g/mol. The SMILES string of the molecule is Nc1ccn([C@H]2CC(F)[C@@H](CO)O2)c(=O)n1. The van der Waals surface area contributed by atoms with Crippen LogP contribution in [-0.4, -0.2) is 33.5 Å². The molecule has 1 aliphatic heterocycles. The predicted octanol–water partition coefficient (Wildman–Crippen LogP) is -0.557. The van der Waals surface area contributed by atoms with Crippen LogP contribution in [0.2, 0.25) is 0 Å². The first-order valence-electron chi connectivity index (χ1n) is 4.87. The van der Waals surface area contributed by atoms with Crippen LogP contribution < -0.4 is 11.4 Å². The standard InChI is InChI=1S/C9H12FN3O3/c10-5-3-8(16-6(5)4-14)13-2-1-7(11)12-9(13)15/h1-2,5-6,8,14H,3-4H2,(H2,11,12,15)/t5?,6-,8-/m1/s1. The summed E-state index contributed by atoms with van der Waals surface area (Å²) >= 11 is 0. The van der Waals surface area contributed by atoms with Gasteiger partial charge < -0.3 is 15.6 Å². The molecule has 0 radical (unpaired) electrons. The molecule has 3 N–H and O–H groups in total. The van der Waals surface area contributed by atoms with Gasteiger partial charge in [0.1, 0.15) is 24.3 Å². The van der Waals surface area contributed by atoms with E-state index in [0.717, 1.165) is 0 Å². The summed E-state index contributed by atoms with van der Waals surface area (Å²) in [5.41, 5.74) is 4.74. The lowest BCUT2D eigenvalue weighted by Crippen LogP contribution is -2.27. The van der Waals surface area contributed by atoms with E-state index in [4.69, 9.17) is 15.6 Å². The molecule has 1 aromatic heterocycles. The lowest BCUT2D eigenvalue weighted by molar-refractivity contribution is -0.0355. The van der Waals surface area contributed by atoms with Crippen molar-refractivity contribution in [2.24, 2.45) is 0 Å². The number of anilines is 1. The van der Waals surface area contributed by atoms with Crippen molar-refractivity contribution in [1.82, 2.24) is 9.55 Å². The van der Waals surface area contributed by atoms with Crippen LogP contribution in [0.4, 0.5) is 10.2 Å².